The van der Waals surface area contributed by atoms with E-state index in [1.54, 1.807) is 18.3 Å². The van der Waals surface area contributed by atoms with Gasteiger partial charge in [-0.15, -0.1) is 0 Å². The van der Waals surface area contributed by atoms with Crippen LogP contribution in [0.1, 0.15) is 5.56 Å². The second-order valence-corrected chi connectivity index (χ2v) is 4.00. The highest BCUT2D eigenvalue weighted by atomic mass is 35.5. The Bertz CT molecular complexity index is 498. The first-order valence-electron chi connectivity index (χ1n) is 4.40. The molecular weight excluding hydrogens is 231 g/mol. The molecule has 0 fully saturated rings. The lowest BCUT2D eigenvalue weighted by Crippen LogP contribution is -1.89. The first-order chi connectivity index (χ1) is 7.18. The van der Waals surface area contributed by atoms with E-state index in [0.29, 0.717) is 10.0 Å². The van der Waals surface area contributed by atoms with E-state index in [9.17, 15) is 0 Å². The molecule has 4 heteroatoms. The number of aromatic nitrogens is 2. The molecule has 0 saturated heterocycles. The molecule has 0 aliphatic rings. The zero-order valence-electron chi connectivity index (χ0n) is 8.04. The van der Waals surface area contributed by atoms with Gasteiger partial charge in [-0.2, -0.15) is 0 Å². The molecule has 2 nitrogen and oxygen atoms in total. The molecule has 76 valence electrons. The average molecular weight is 239 g/mol. The van der Waals surface area contributed by atoms with Crippen LogP contribution >= 0.6 is 23.2 Å². The Morgan fingerprint density at radius 2 is 1.93 bits per heavy atom. The van der Waals surface area contributed by atoms with Crippen molar-refractivity contribution in [3.8, 4) is 11.3 Å². The van der Waals surface area contributed by atoms with Crippen LogP contribution in [0.25, 0.3) is 11.3 Å². The van der Waals surface area contributed by atoms with E-state index in [0.717, 1.165) is 16.8 Å². The first-order valence-corrected chi connectivity index (χ1v) is 5.16. The number of benzene rings is 1. The van der Waals surface area contributed by atoms with Gasteiger partial charge < -0.3 is 0 Å². The third-order valence-electron chi connectivity index (χ3n) is 2.09. The largest absolute Gasteiger partial charge is 0.245 e. The Labute approximate surface area is 97.9 Å². The minimum atomic E-state index is 0.534. The zero-order valence-corrected chi connectivity index (χ0v) is 9.55. The van der Waals surface area contributed by atoms with Crippen LogP contribution in [0.15, 0.2) is 30.7 Å². The minimum absolute atomic E-state index is 0.534. The van der Waals surface area contributed by atoms with Gasteiger partial charge in [-0.1, -0.05) is 29.3 Å². The summed E-state index contributed by atoms with van der Waals surface area (Å²) in [5.74, 6) is 0. The van der Waals surface area contributed by atoms with E-state index in [1.165, 1.54) is 6.33 Å². The number of halogens is 2. The van der Waals surface area contributed by atoms with E-state index in [-0.39, 0.29) is 0 Å². The summed E-state index contributed by atoms with van der Waals surface area (Å²) in [6.45, 7) is 1.96. The smallest absolute Gasteiger partial charge is 0.116 e. The van der Waals surface area contributed by atoms with Crippen molar-refractivity contribution in [1.82, 2.24) is 9.97 Å². The molecule has 0 spiro atoms. The van der Waals surface area contributed by atoms with E-state index in [4.69, 9.17) is 23.2 Å². The second-order valence-electron chi connectivity index (χ2n) is 3.18. The summed E-state index contributed by atoms with van der Waals surface area (Å²) >= 11 is 11.8. The van der Waals surface area contributed by atoms with Crippen LogP contribution in [-0.2, 0) is 0 Å². The summed E-state index contributed by atoms with van der Waals surface area (Å²) < 4.78 is 0. The molecule has 2 rings (SSSR count). The van der Waals surface area contributed by atoms with Gasteiger partial charge in [0.1, 0.15) is 6.33 Å². The topological polar surface area (TPSA) is 25.8 Å². The summed E-state index contributed by atoms with van der Waals surface area (Å²) in [4.78, 5) is 8.15. The Hall–Kier alpha value is -1.12. The lowest BCUT2D eigenvalue weighted by atomic mass is 10.1. The summed E-state index contributed by atoms with van der Waals surface area (Å²) in [6, 6.07) is 5.46. The molecule has 1 aromatic heterocycles. The highest BCUT2D eigenvalue weighted by Gasteiger charge is 2.05. The van der Waals surface area contributed by atoms with Crippen LogP contribution in [0.4, 0.5) is 0 Å². The molecule has 2 aromatic rings. The van der Waals surface area contributed by atoms with Crippen molar-refractivity contribution in [1.29, 1.82) is 0 Å². The standard InChI is InChI=1S/C11H8Cl2N2/c1-7-5-14-6-15-11(7)8-2-3-9(12)10(13)4-8/h2-6H,1H3. The Kier molecular flexibility index (Phi) is 2.89. The van der Waals surface area contributed by atoms with Crippen molar-refractivity contribution >= 4 is 23.2 Å². The molecule has 0 atom stereocenters. The van der Waals surface area contributed by atoms with Crippen LogP contribution in [0.5, 0.6) is 0 Å². The molecule has 0 aliphatic carbocycles. The summed E-state index contributed by atoms with van der Waals surface area (Å²) in [6.07, 6.45) is 3.29. The molecule has 0 bridgehead atoms. The normalized spacial score (nSPS) is 10.3. The lowest BCUT2D eigenvalue weighted by molar-refractivity contribution is 1.13. The zero-order chi connectivity index (χ0) is 10.8. The fourth-order valence-electron chi connectivity index (χ4n) is 1.34. The maximum atomic E-state index is 5.94. The van der Waals surface area contributed by atoms with Gasteiger partial charge in [0.05, 0.1) is 15.7 Å². The van der Waals surface area contributed by atoms with Crippen molar-refractivity contribution in [3.63, 3.8) is 0 Å². The summed E-state index contributed by atoms with van der Waals surface area (Å²) in [5, 5.41) is 1.08. The molecular formula is C11H8Cl2N2. The number of hydrogen-bond donors (Lipinski definition) is 0. The third-order valence-corrected chi connectivity index (χ3v) is 2.83. The molecule has 0 aliphatic heterocycles. The fourth-order valence-corrected chi connectivity index (χ4v) is 1.64. The van der Waals surface area contributed by atoms with Crippen molar-refractivity contribution < 1.29 is 0 Å². The number of aryl methyl sites for hydroxylation is 1. The molecule has 0 unspecified atom stereocenters. The van der Waals surface area contributed by atoms with Crippen LogP contribution in [0, 0.1) is 6.92 Å². The quantitative estimate of drug-likeness (QED) is 0.757. The Morgan fingerprint density at radius 3 is 2.60 bits per heavy atom. The van der Waals surface area contributed by atoms with Crippen LogP contribution in [0.2, 0.25) is 10.0 Å². The Morgan fingerprint density at radius 1 is 1.13 bits per heavy atom. The summed E-state index contributed by atoms with van der Waals surface area (Å²) in [7, 11) is 0. The van der Waals surface area contributed by atoms with Gasteiger partial charge in [-0.25, -0.2) is 9.97 Å². The number of hydrogen-bond acceptors (Lipinski definition) is 2. The lowest BCUT2D eigenvalue weighted by Gasteiger charge is -2.04. The van der Waals surface area contributed by atoms with Crippen LogP contribution in [-0.4, -0.2) is 9.97 Å². The molecule has 0 N–H and O–H groups in total. The SMILES string of the molecule is Cc1cncnc1-c1ccc(Cl)c(Cl)c1. The first kappa shape index (κ1) is 10.4. The van der Waals surface area contributed by atoms with Gasteiger partial charge in [0.15, 0.2) is 0 Å². The van der Waals surface area contributed by atoms with Gasteiger partial charge in [0, 0.05) is 11.8 Å². The van der Waals surface area contributed by atoms with Gasteiger partial charge in [-0.05, 0) is 24.6 Å². The predicted molar refractivity (Wildman–Crippen MR) is 62.2 cm³/mol. The van der Waals surface area contributed by atoms with Crippen molar-refractivity contribution in [2.75, 3.05) is 0 Å². The monoisotopic (exact) mass is 238 g/mol. The van der Waals surface area contributed by atoms with Crippen molar-refractivity contribution in [3.05, 3.63) is 46.3 Å². The van der Waals surface area contributed by atoms with Crippen molar-refractivity contribution in [2.24, 2.45) is 0 Å². The van der Waals surface area contributed by atoms with Gasteiger partial charge >= 0.3 is 0 Å². The Balaban J connectivity index is 2.55. The van der Waals surface area contributed by atoms with E-state index in [1.807, 2.05) is 13.0 Å². The minimum Gasteiger partial charge on any atom is -0.245 e. The highest BCUT2D eigenvalue weighted by molar-refractivity contribution is 6.42. The summed E-state index contributed by atoms with van der Waals surface area (Å²) in [5.41, 5.74) is 2.84. The van der Waals surface area contributed by atoms with E-state index in [2.05, 4.69) is 9.97 Å². The predicted octanol–water partition coefficient (Wildman–Crippen LogP) is 3.76. The van der Waals surface area contributed by atoms with E-state index >= 15 is 0 Å². The third kappa shape index (κ3) is 2.11. The van der Waals surface area contributed by atoms with E-state index < -0.39 is 0 Å². The van der Waals surface area contributed by atoms with Gasteiger partial charge in [-0.3, -0.25) is 0 Å². The maximum Gasteiger partial charge on any atom is 0.116 e. The van der Waals surface area contributed by atoms with Crippen molar-refractivity contribution in [2.45, 2.75) is 6.92 Å². The number of nitrogens with zero attached hydrogens (tertiary/aromatic N) is 2. The fraction of sp³-hybridized carbons (Fsp3) is 0.0909. The molecule has 0 amide bonds. The maximum absolute atomic E-state index is 5.94. The molecule has 0 radical (unpaired) electrons. The molecule has 1 aromatic carbocycles. The molecule has 15 heavy (non-hydrogen) atoms. The average Bonchev–Trinajstić information content (AvgIpc) is 2.23. The van der Waals surface area contributed by atoms with Crippen LogP contribution < -0.4 is 0 Å². The van der Waals surface area contributed by atoms with Gasteiger partial charge in [0.25, 0.3) is 0 Å². The molecule has 1 heterocycles. The second kappa shape index (κ2) is 4.17. The van der Waals surface area contributed by atoms with Gasteiger partial charge in [0.2, 0.25) is 0 Å². The number of rotatable bonds is 1. The highest BCUT2D eigenvalue weighted by Crippen LogP contribution is 2.28. The van der Waals surface area contributed by atoms with Crippen LogP contribution in [0.3, 0.4) is 0 Å². The molecule has 0 saturated carbocycles.